The van der Waals surface area contributed by atoms with Gasteiger partial charge in [0.25, 0.3) is 0 Å². The van der Waals surface area contributed by atoms with Gasteiger partial charge >= 0.3 is 5.97 Å². The van der Waals surface area contributed by atoms with Gasteiger partial charge in [0.2, 0.25) is 0 Å². The van der Waals surface area contributed by atoms with E-state index in [9.17, 15) is 4.79 Å². The molecule has 0 amide bonds. The summed E-state index contributed by atoms with van der Waals surface area (Å²) in [6.07, 6.45) is 12.6. The Bertz CT molecular complexity index is 793. The summed E-state index contributed by atoms with van der Waals surface area (Å²) in [6, 6.07) is 2.13. The molecule has 3 heteroatoms. The summed E-state index contributed by atoms with van der Waals surface area (Å²) in [5.74, 6) is 0.672. The molecule has 0 saturated heterocycles. The van der Waals surface area contributed by atoms with Crippen LogP contribution in [0.1, 0.15) is 56.4 Å². The molecule has 1 aromatic carbocycles. The molecule has 0 radical (unpaired) electrons. The largest absolute Gasteiger partial charge is 0.493 e. The van der Waals surface area contributed by atoms with Crippen LogP contribution in [-0.4, -0.2) is 19.2 Å². The van der Waals surface area contributed by atoms with Crippen LogP contribution in [0.3, 0.4) is 0 Å². The van der Waals surface area contributed by atoms with Crippen LogP contribution < -0.4 is 4.74 Å². The lowest BCUT2D eigenvalue weighted by Gasteiger charge is -2.15. The third kappa shape index (κ3) is 7.59. The molecule has 0 spiro atoms. The number of carbonyl (C=O) groups excluding carboxylic acids is 1. The monoisotopic (exact) mass is 382 g/mol. The molecule has 0 aliphatic heterocycles. The Morgan fingerprint density at radius 3 is 2.39 bits per heavy atom. The second-order valence-corrected chi connectivity index (χ2v) is 6.95. The molecule has 0 bridgehead atoms. The zero-order chi connectivity index (χ0) is 21.1. The highest BCUT2D eigenvalue weighted by molar-refractivity contribution is 5.83. The van der Waals surface area contributed by atoms with E-state index in [1.54, 1.807) is 6.92 Å². The third-order valence-electron chi connectivity index (χ3n) is 4.43. The van der Waals surface area contributed by atoms with Crippen molar-refractivity contribution in [2.45, 2.75) is 54.9 Å². The fraction of sp³-hybridized carbons (Fsp3) is 0.400. The Kier molecular flexibility index (Phi) is 10.1. The number of allylic oxidation sites excluding steroid dienone is 6. The van der Waals surface area contributed by atoms with Gasteiger partial charge < -0.3 is 9.47 Å². The minimum atomic E-state index is -0.307. The van der Waals surface area contributed by atoms with Gasteiger partial charge in [0.15, 0.2) is 0 Å². The van der Waals surface area contributed by atoms with Gasteiger partial charge in [0.1, 0.15) is 5.75 Å². The van der Waals surface area contributed by atoms with E-state index in [4.69, 9.17) is 9.47 Å². The summed E-state index contributed by atoms with van der Waals surface area (Å²) in [5, 5.41) is 0. The van der Waals surface area contributed by atoms with E-state index in [2.05, 4.69) is 52.8 Å². The number of hydrogen-bond donors (Lipinski definition) is 0. The van der Waals surface area contributed by atoms with Gasteiger partial charge in [-0.3, -0.25) is 0 Å². The van der Waals surface area contributed by atoms with E-state index in [-0.39, 0.29) is 5.97 Å². The van der Waals surface area contributed by atoms with Crippen molar-refractivity contribution in [2.75, 3.05) is 13.2 Å². The van der Waals surface area contributed by atoms with Crippen molar-refractivity contribution in [2.24, 2.45) is 0 Å². The molecule has 0 atom stereocenters. The van der Waals surface area contributed by atoms with Crippen molar-refractivity contribution >= 4 is 12.0 Å². The minimum Gasteiger partial charge on any atom is -0.493 e. The molecule has 0 aromatic heterocycles. The first kappa shape index (κ1) is 23.5. The summed E-state index contributed by atoms with van der Waals surface area (Å²) in [4.78, 5) is 11.4. The molecule has 28 heavy (non-hydrogen) atoms. The molecule has 0 saturated carbocycles. The van der Waals surface area contributed by atoms with E-state index in [0.29, 0.717) is 6.61 Å². The molecule has 152 valence electrons. The predicted molar refractivity (Wildman–Crippen MR) is 119 cm³/mol. The molecule has 0 fully saturated rings. The average molecular weight is 383 g/mol. The molecule has 0 heterocycles. The Hall–Kier alpha value is -2.55. The predicted octanol–water partition coefficient (Wildman–Crippen LogP) is 6.43. The number of carbonyl (C=O) groups is 1. The van der Waals surface area contributed by atoms with Crippen molar-refractivity contribution in [3.8, 4) is 5.75 Å². The highest BCUT2D eigenvalue weighted by Gasteiger charge is 2.09. The topological polar surface area (TPSA) is 35.5 Å². The summed E-state index contributed by atoms with van der Waals surface area (Å²) in [5.41, 5.74) is 6.87. The Labute approximate surface area is 170 Å². The first-order chi connectivity index (χ1) is 13.3. The summed E-state index contributed by atoms with van der Waals surface area (Å²) in [7, 11) is 0. The van der Waals surface area contributed by atoms with Gasteiger partial charge in [-0.15, -0.1) is 0 Å². The van der Waals surface area contributed by atoms with Gasteiger partial charge in [-0.1, -0.05) is 42.9 Å². The first-order valence-electron chi connectivity index (χ1n) is 9.91. The van der Waals surface area contributed by atoms with Gasteiger partial charge in [0, 0.05) is 6.08 Å². The van der Waals surface area contributed by atoms with Crippen LogP contribution in [0.4, 0.5) is 0 Å². The summed E-state index contributed by atoms with van der Waals surface area (Å²) < 4.78 is 10.8. The van der Waals surface area contributed by atoms with Gasteiger partial charge in [0.05, 0.1) is 13.2 Å². The van der Waals surface area contributed by atoms with Crippen molar-refractivity contribution in [1.29, 1.82) is 0 Å². The van der Waals surface area contributed by atoms with E-state index in [0.717, 1.165) is 29.9 Å². The molecule has 3 nitrogen and oxygen atoms in total. The van der Waals surface area contributed by atoms with Crippen molar-refractivity contribution in [1.82, 2.24) is 0 Å². The fourth-order valence-electron chi connectivity index (χ4n) is 2.72. The average Bonchev–Trinajstić information content (AvgIpc) is 2.63. The first-order valence-corrected chi connectivity index (χ1v) is 9.91. The maximum absolute atomic E-state index is 11.4. The van der Waals surface area contributed by atoms with Crippen LogP contribution in [0.2, 0.25) is 0 Å². The van der Waals surface area contributed by atoms with Gasteiger partial charge in [-0.25, -0.2) is 4.79 Å². The van der Waals surface area contributed by atoms with Crippen LogP contribution in [0.25, 0.3) is 6.08 Å². The quantitative estimate of drug-likeness (QED) is 0.281. The van der Waals surface area contributed by atoms with E-state index < -0.39 is 0 Å². The highest BCUT2D eigenvalue weighted by atomic mass is 16.5. The van der Waals surface area contributed by atoms with Crippen LogP contribution in [0.5, 0.6) is 5.75 Å². The van der Waals surface area contributed by atoms with Crippen molar-refractivity contribution in [3.63, 3.8) is 0 Å². The molecule has 0 N–H and O–H groups in total. The van der Waals surface area contributed by atoms with Crippen LogP contribution in [0.15, 0.2) is 47.6 Å². The van der Waals surface area contributed by atoms with Crippen molar-refractivity contribution in [3.05, 3.63) is 69.8 Å². The standard InChI is InChI=1S/C25H34O3/c1-8-15-28-24-17-20(5)23(21(6)22(24)7)14-13-18(3)11-10-12-19(4)16-25(26)27-9-2/h10-14,16-17H,8-9,15H2,1-7H3. The van der Waals surface area contributed by atoms with Gasteiger partial charge in [-0.05, 0) is 81.9 Å². The highest BCUT2D eigenvalue weighted by Crippen LogP contribution is 2.29. The lowest BCUT2D eigenvalue weighted by atomic mass is 9.96. The third-order valence-corrected chi connectivity index (χ3v) is 4.43. The summed E-state index contributed by atoms with van der Waals surface area (Å²) >= 11 is 0. The van der Waals surface area contributed by atoms with Crippen molar-refractivity contribution < 1.29 is 14.3 Å². The van der Waals surface area contributed by atoms with Crippen LogP contribution in [-0.2, 0) is 9.53 Å². The molecule has 1 aromatic rings. The molecule has 1 rings (SSSR count). The fourth-order valence-corrected chi connectivity index (χ4v) is 2.72. The maximum Gasteiger partial charge on any atom is 0.330 e. The minimum absolute atomic E-state index is 0.307. The second kappa shape index (κ2) is 12.0. The van der Waals surface area contributed by atoms with Crippen LogP contribution >= 0.6 is 0 Å². The maximum atomic E-state index is 11.4. The summed E-state index contributed by atoms with van der Waals surface area (Å²) in [6.45, 7) is 15.4. The molecule has 0 aliphatic rings. The van der Waals surface area contributed by atoms with E-state index >= 15 is 0 Å². The number of esters is 1. The number of rotatable bonds is 9. The number of benzene rings is 1. The normalized spacial score (nSPS) is 12.8. The Morgan fingerprint density at radius 2 is 1.75 bits per heavy atom. The number of ether oxygens (including phenoxy) is 2. The SMILES string of the molecule is CCCOc1cc(C)c(C=CC(C)=CC=CC(C)=CC(=O)OCC)c(C)c1C. The van der Waals surface area contributed by atoms with E-state index in [1.165, 1.54) is 28.3 Å². The lowest BCUT2D eigenvalue weighted by Crippen LogP contribution is -2.00. The smallest absolute Gasteiger partial charge is 0.330 e. The molecular formula is C25H34O3. The molecule has 0 aliphatic carbocycles. The Balaban J connectivity index is 2.90. The van der Waals surface area contributed by atoms with E-state index in [1.807, 2.05) is 25.2 Å². The van der Waals surface area contributed by atoms with Crippen LogP contribution in [0, 0.1) is 20.8 Å². The number of aryl methyl sites for hydroxylation is 1. The Morgan fingerprint density at radius 1 is 1.04 bits per heavy atom. The lowest BCUT2D eigenvalue weighted by molar-refractivity contribution is -0.137. The number of hydrogen-bond acceptors (Lipinski definition) is 3. The van der Waals surface area contributed by atoms with Gasteiger partial charge in [-0.2, -0.15) is 0 Å². The molecular weight excluding hydrogens is 348 g/mol. The zero-order valence-electron chi connectivity index (χ0n) is 18.4. The zero-order valence-corrected chi connectivity index (χ0v) is 18.4. The second-order valence-electron chi connectivity index (χ2n) is 6.95. The molecule has 0 unspecified atom stereocenters.